The van der Waals surface area contributed by atoms with Crippen LogP contribution in [-0.2, 0) is 28.7 Å². The summed E-state index contributed by atoms with van der Waals surface area (Å²) in [4.78, 5) is 67.3. The number of phenols is 1. The number of carbonyl (C=O) groups excluding carboxylic acids is 4. The molecule has 19 nitrogen and oxygen atoms in total. The van der Waals surface area contributed by atoms with Gasteiger partial charge in [-0.2, -0.15) is 0 Å². The van der Waals surface area contributed by atoms with Gasteiger partial charge in [0.15, 0.2) is 11.6 Å². The van der Waals surface area contributed by atoms with Gasteiger partial charge in [0.2, 0.25) is 23.6 Å². The van der Waals surface area contributed by atoms with Gasteiger partial charge in [-0.1, -0.05) is 57.2 Å². The maximum Gasteiger partial charge on any atom is 0.246 e. The van der Waals surface area contributed by atoms with Gasteiger partial charge in [0.25, 0.3) is 0 Å². The Hall–Kier alpha value is -6.87. The van der Waals surface area contributed by atoms with Gasteiger partial charge >= 0.3 is 0 Å². The number of rotatable bonds is 20. The number of aliphatic hydroxyl groups is 1. The molecule has 5 heterocycles. The Morgan fingerprint density at radius 2 is 1.53 bits per heavy atom. The minimum absolute atomic E-state index is 0.00132. The number of para-hydroxylation sites is 1. The van der Waals surface area contributed by atoms with Crippen LogP contribution in [0.2, 0.25) is 0 Å². The predicted molar refractivity (Wildman–Crippen MR) is 292 cm³/mol. The van der Waals surface area contributed by atoms with E-state index in [1.807, 2.05) is 75.4 Å². The van der Waals surface area contributed by atoms with Crippen LogP contribution in [0.1, 0.15) is 77.1 Å². The normalized spacial score (nSPS) is 18.8. The van der Waals surface area contributed by atoms with E-state index in [1.165, 1.54) is 4.90 Å². The number of β-amino-alcohol motifs (C(OH)–C–C–N with tert-alkyl or cyclic N) is 1. The molecular formula is C56H72N10O9S. The van der Waals surface area contributed by atoms with E-state index in [4.69, 9.17) is 19.9 Å². The van der Waals surface area contributed by atoms with Crippen molar-refractivity contribution in [3.8, 4) is 33.2 Å². The lowest BCUT2D eigenvalue weighted by Gasteiger charge is -2.37. The highest BCUT2D eigenvalue weighted by Crippen LogP contribution is 2.34. The number of anilines is 3. The van der Waals surface area contributed by atoms with Gasteiger partial charge < -0.3 is 60.4 Å². The molecule has 2 aromatic heterocycles. The standard InChI is InChI=1S/C56H72N10O9S/c1-36(38-12-14-39(15-13-38)51-37(2)58-35-76-51)59-54(71)46-31-42(67)33-66(46)55(72)52(56(3,4)5)60-49(69)20-27-73-29-30-74-28-21-50(70)64-25-23-63(24-26-64)40-16-18-41(19-17-40)65-22-8-9-43(34-65)75-48-32-45(61-62-53(48)57)44-10-6-7-11-47(44)68/h6-7,10-19,32,35-36,42-43,46,52,67-68H,8-9,20-31,33-34H2,1-5H3,(H2,57,62)(H,59,71)(H,60,69)/t36?,42-,43?,46+,52?/m1/s1. The molecule has 4 amide bonds. The lowest BCUT2D eigenvalue weighted by Crippen LogP contribution is -2.58. The number of nitrogens with zero attached hydrogens (tertiary/aromatic N) is 7. The number of benzene rings is 3. The first kappa shape index (κ1) is 55.4. The molecule has 0 bridgehead atoms. The molecule has 5 aromatic rings. The number of piperidine rings is 1. The van der Waals surface area contributed by atoms with Crippen molar-refractivity contribution < 1.29 is 43.6 Å². The Bertz CT molecular complexity index is 2760. The predicted octanol–water partition coefficient (Wildman–Crippen LogP) is 5.74. The number of ether oxygens (including phenoxy) is 3. The van der Waals surface area contributed by atoms with Gasteiger partial charge in [-0.3, -0.25) is 19.2 Å². The summed E-state index contributed by atoms with van der Waals surface area (Å²) >= 11 is 1.57. The molecule has 0 saturated carbocycles. The number of nitrogen functional groups attached to an aromatic ring is 1. The summed E-state index contributed by atoms with van der Waals surface area (Å²) in [5.74, 6) is -0.402. The number of aryl methyl sites for hydroxylation is 1. The Morgan fingerprint density at radius 3 is 2.20 bits per heavy atom. The number of nitrogens with one attached hydrogen (secondary N) is 2. The lowest BCUT2D eigenvalue weighted by molar-refractivity contribution is -0.144. The van der Waals surface area contributed by atoms with Crippen LogP contribution in [-0.4, -0.2) is 155 Å². The molecule has 3 aromatic carbocycles. The quantitative estimate of drug-likeness (QED) is 0.0584. The molecule has 3 fully saturated rings. The zero-order valence-electron chi connectivity index (χ0n) is 44.2. The number of amides is 4. The monoisotopic (exact) mass is 1060 g/mol. The number of aliphatic hydroxyl groups excluding tert-OH is 1. The fourth-order valence-corrected chi connectivity index (χ4v) is 10.7. The lowest BCUT2D eigenvalue weighted by atomic mass is 9.85. The number of carbonyl (C=O) groups is 4. The number of likely N-dealkylation sites (tertiary alicyclic amines) is 1. The number of aromatic nitrogens is 3. The van der Waals surface area contributed by atoms with E-state index in [2.05, 4.69) is 59.9 Å². The Kier molecular flexibility index (Phi) is 18.4. The van der Waals surface area contributed by atoms with E-state index in [0.717, 1.165) is 52.5 Å². The van der Waals surface area contributed by atoms with E-state index in [1.54, 1.807) is 35.6 Å². The minimum atomic E-state index is -0.953. The van der Waals surface area contributed by atoms with Gasteiger partial charge in [0.05, 0.1) is 67.6 Å². The van der Waals surface area contributed by atoms with Crippen molar-refractivity contribution in [2.45, 2.75) is 97.1 Å². The average molecular weight is 1060 g/mol. The van der Waals surface area contributed by atoms with Crippen LogP contribution in [0, 0.1) is 12.3 Å². The summed E-state index contributed by atoms with van der Waals surface area (Å²) in [5, 5.41) is 35.1. The number of hydrogen-bond donors (Lipinski definition) is 5. The van der Waals surface area contributed by atoms with Crippen molar-refractivity contribution in [1.82, 2.24) is 35.6 Å². The summed E-state index contributed by atoms with van der Waals surface area (Å²) < 4.78 is 17.8. The van der Waals surface area contributed by atoms with Gasteiger partial charge in [-0.05, 0) is 79.6 Å². The summed E-state index contributed by atoms with van der Waals surface area (Å²) in [6, 6.07) is 22.9. The van der Waals surface area contributed by atoms with Crippen molar-refractivity contribution in [3.63, 3.8) is 0 Å². The van der Waals surface area contributed by atoms with Crippen molar-refractivity contribution in [2.75, 3.05) is 87.8 Å². The molecule has 0 aliphatic carbocycles. The zero-order chi connectivity index (χ0) is 53.9. The molecular weight excluding hydrogens is 989 g/mol. The van der Waals surface area contributed by atoms with Crippen molar-refractivity contribution in [3.05, 3.63) is 95.6 Å². The molecule has 20 heteroatoms. The molecule has 0 spiro atoms. The number of piperazine rings is 1. The molecule has 3 saturated heterocycles. The summed E-state index contributed by atoms with van der Waals surface area (Å²) in [7, 11) is 0. The molecule has 3 unspecified atom stereocenters. The number of nitrogens with two attached hydrogens (primary N) is 1. The van der Waals surface area contributed by atoms with Crippen LogP contribution in [0.3, 0.4) is 0 Å². The SMILES string of the molecule is Cc1ncsc1-c1ccc(C(C)NC(=O)[C@@H]2C[C@@H](O)CN2C(=O)C(NC(=O)CCOCCOCCC(=O)N2CCN(c3ccc(N4CCCC(Oc5cc(-c6ccccc6O)nnc5N)C4)cc3)CC2)C(C)(C)C)cc1. The number of thiazole rings is 1. The Balaban J connectivity index is 0.701. The first-order valence-electron chi connectivity index (χ1n) is 26.2. The van der Waals surface area contributed by atoms with Crippen LogP contribution < -0.4 is 30.9 Å². The fourth-order valence-electron chi connectivity index (χ4n) is 9.89. The maximum absolute atomic E-state index is 14.1. The molecule has 6 N–H and O–H groups in total. The summed E-state index contributed by atoms with van der Waals surface area (Å²) in [6.45, 7) is 14.4. The Labute approximate surface area is 448 Å². The number of hydrogen-bond acceptors (Lipinski definition) is 16. The van der Waals surface area contributed by atoms with Crippen LogP contribution in [0.15, 0.2) is 84.4 Å². The summed E-state index contributed by atoms with van der Waals surface area (Å²) in [5.41, 5.74) is 13.4. The molecule has 3 aliphatic heterocycles. The van der Waals surface area contributed by atoms with Gasteiger partial charge in [0, 0.05) is 75.1 Å². The summed E-state index contributed by atoms with van der Waals surface area (Å²) in [6.07, 6.45) is 1.17. The Morgan fingerprint density at radius 1 is 0.842 bits per heavy atom. The number of aromatic hydroxyl groups is 1. The number of phenolic OH excluding ortho intramolecular Hbond substituents is 1. The van der Waals surface area contributed by atoms with Gasteiger partial charge in [0.1, 0.15) is 29.6 Å². The van der Waals surface area contributed by atoms with E-state index < -0.39 is 29.5 Å². The fraction of sp³-hybridized carbons (Fsp3) is 0.482. The molecule has 3 aliphatic rings. The van der Waals surface area contributed by atoms with Crippen molar-refractivity contribution >= 4 is 52.2 Å². The van der Waals surface area contributed by atoms with Gasteiger partial charge in [-0.15, -0.1) is 21.5 Å². The van der Waals surface area contributed by atoms with Crippen LogP contribution in [0.4, 0.5) is 17.2 Å². The third kappa shape index (κ3) is 14.1. The van der Waals surface area contributed by atoms with Crippen LogP contribution in [0.25, 0.3) is 21.7 Å². The smallest absolute Gasteiger partial charge is 0.246 e. The molecule has 0 radical (unpaired) electrons. The highest BCUT2D eigenvalue weighted by molar-refractivity contribution is 7.13. The second kappa shape index (κ2) is 25.3. The third-order valence-electron chi connectivity index (χ3n) is 14.2. The first-order valence-corrected chi connectivity index (χ1v) is 27.1. The minimum Gasteiger partial charge on any atom is -0.507 e. The maximum atomic E-state index is 14.1. The van der Waals surface area contributed by atoms with Crippen LogP contribution >= 0.6 is 11.3 Å². The van der Waals surface area contributed by atoms with E-state index in [9.17, 15) is 29.4 Å². The van der Waals surface area contributed by atoms with Crippen LogP contribution in [0.5, 0.6) is 11.5 Å². The van der Waals surface area contributed by atoms with E-state index in [-0.39, 0.29) is 93.7 Å². The van der Waals surface area contributed by atoms with Crippen molar-refractivity contribution in [1.29, 1.82) is 0 Å². The molecule has 76 heavy (non-hydrogen) atoms. The largest absolute Gasteiger partial charge is 0.507 e. The topological polar surface area (TPSA) is 238 Å². The van der Waals surface area contributed by atoms with Gasteiger partial charge in [-0.25, -0.2) is 4.98 Å². The van der Waals surface area contributed by atoms with E-state index >= 15 is 0 Å². The highest BCUT2D eigenvalue weighted by atomic mass is 32.1. The average Bonchev–Trinajstić information content (AvgIpc) is 4.06. The molecule has 8 rings (SSSR count). The zero-order valence-corrected chi connectivity index (χ0v) is 45.0. The second-order valence-electron chi connectivity index (χ2n) is 20.8. The van der Waals surface area contributed by atoms with Crippen molar-refractivity contribution in [2.24, 2.45) is 5.41 Å². The van der Waals surface area contributed by atoms with E-state index in [0.29, 0.717) is 49.7 Å². The highest BCUT2D eigenvalue weighted by Gasteiger charge is 2.45. The molecule has 406 valence electrons. The second-order valence-corrected chi connectivity index (χ2v) is 21.7. The third-order valence-corrected chi connectivity index (χ3v) is 15.2. The molecule has 5 atom stereocenters. The first-order chi connectivity index (χ1) is 36.5.